The Morgan fingerprint density at radius 2 is 2.33 bits per heavy atom. The molecule has 1 rings (SSSR count). The van der Waals surface area contributed by atoms with E-state index in [0.717, 1.165) is 13.0 Å². The Morgan fingerprint density at radius 3 is 3.00 bits per heavy atom. The minimum Gasteiger partial charge on any atom is -0.319 e. The molecule has 0 aliphatic carbocycles. The van der Waals surface area contributed by atoms with E-state index in [1.165, 1.54) is 12.1 Å². The van der Waals surface area contributed by atoms with Gasteiger partial charge in [-0.3, -0.25) is 0 Å². The van der Waals surface area contributed by atoms with Crippen LogP contribution in [0.15, 0.2) is 24.3 Å². The zero-order valence-corrected chi connectivity index (χ0v) is 8.63. The van der Waals surface area contributed by atoms with Crippen LogP contribution in [0.25, 0.3) is 6.08 Å². The predicted octanol–water partition coefficient (Wildman–Crippen LogP) is 2.32. The molecule has 0 fully saturated rings. The number of hydrogen-bond acceptors (Lipinski definition) is 2. The Kier molecular flexibility index (Phi) is 4.52. The molecule has 78 valence electrons. The lowest BCUT2D eigenvalue weighted by molar-refractivity contribution is 0.625. The highest BCUT2D eigenvalue weighted by molar-refractivity contribution is 5.53. The first-order valence-electron chi connectivity index (χ1n) is 4.78. The molecule has 0 aliphatic heterocycles. The fourth-order valence-electron chi connectivity index (χ4n) is 1.18. The van der Waals surface area contributed by atoms with Gasteiger partial charge in [0.1, 0.15) is 5.82 Å². The minimum atomic E-state index is -0.297. The fourth-order valence-corrected chi connectivity index (χ4v) is 1.18. The molecule has 0 aliphatic rings. The minimum absolute atomic E-state index is 0.297. The van der Waals surface area contributed by atoms with Crippen LogP contribution in [0.5, 0.6) is 0 Å². The molecule has 0 saturated heterocycles. The van der Waals surface area contributed by atoms with Crippen molar-refractivity contribution in [2.75, 3.05) is 13.6 Å². The summed E-state index contributed by atoms with van der Waals surface area (Å²) in [6.45, 7) is 0.857. The fraction of sp³-hybridized carbons (Fsp3) is 0.250. The molecule has 0 radical (unpaired) electrons. The van der Waals surface area contributed by atoms with Crippen LogP contribution >= 0.6 is 0 Å². The third kappa shape index (κ3) is 3.53. The number of nitrogens with zero attached hydrogens (tertiary/aromatic N) is 1. The summed E-state index contributed by atoms with van der Waals surface area (Å²) in [5.74, 6) is -0.297. The van der Waals surface area contributed by atoms with Gasteiger partial charge in [-0.15, -0.1) is 0 Å². The van der Waals surface area contributed by atoms with Crippen LogP contribution < -0.4 is 5.32 Å². The van der Waals surface area contributed by atoms with Crippen molar-refractivity contribution >= 4 is 6.08 Å². The van der Waals surface area contributed by atoms with Gasteiger partial charge in [-0.2, -0.15) is 5.26 Å². The summed E-state index contributed by atoms with van der Waals surface area (Å²) < 4.78 is 13.2. The molecule has 15 heavy (non-hydrogen) atoms. The van der Waals surface area contributed by atoms with E-state index in [0.29, 0.717) is 11.1 Å². The highest BCUT2D eigenvalue weighted by atomic mass is 19.1. The maximum atomic E-state index is 13.2. The van der Waals surface area contributed by atoms with Crippen molar-refractivity contribution in [2.45, 2.75) is 6.42 Å². The lowest BCUT2D eigenvalue weighted by Crippen LogP contribution is -2.05. The van der Waals surface area contributed by atoms with Crippen molar-refractivity contribution in [1.29, 1.82) is 5.26 Å². The smallest absolute Gasteiger partial charge is 0.130 e. The number of halogens is 1. The molecular weight excluding hydrogens is 191 g/mol. The molecule has 0 atom stereocenters. The second-order valence-electron chi connectivity index (χ2n) is 3.14. The molecule has 0 bridgehead atoms. The van der Waals surface area contributed by atoms with Crippen molar-refractivity contribution in [3.63, 3.8) is 0 Å². The van der Waals surface area contributed by atoms with Crippen LogP contribution in [0.2, 0.25) is 0 Å². The van der Waals surface area contributed by atoms with E-state index >= 15 is 0 Å². The molecule has 0 heterocycles. The van der Waals surface area contributed by atoms with Crippen molar-refractivity contribution in [3.05, 3.63) is 41.2 Å². The molecule has 0 unspecified atom stereocenters. The average molecular weight is 204 g/mol. The third-order valence-electron chi connectivity index (χ3n) is 1.98. The van der Waals surface area contributed by atoms with Crippen LogP contribution in [0.3, 0.4) is 0 Å². The molecule has 3 heteroatoms. The topological polar surface area (TPSA) is 35.8 Å². The molecular formula is C12H13FN2. The lowest BCUT2D eigenvalue weighted by Gasteiger charge is -1.97. The van der Waals surface area contributed by atoms with E-state index in [9.17, 15) is 4.39 Å². The van der Waals surface area contributed by atoms with Crippen LogP contribution in [-0.2, 0) is 0 Å². The Hall–Kier alpha value is -1.66. The van der Waals surface area contributed by atoms with Crippen molar-refractivity contribution in [3.8, 4) is 6.07 Å². The highest BCUT2D eigenvalue weighted by Crippen LogP contribution is 2.11. The summed E-state index contributed by atoms with van der Waals surface area (Å²) in [5, 5.41) is 11.6. The van der Waals surface area contributed by atoms with Gasteiger partial charge in [0.2, 0.25) is 0 Å². The number of nitriles is 1. The molecule has 0 aromatic heterocycles. The Balaban J connectivity index is 2.76. The third-order valence-corrected chi connectivity index (χ3v) is 1.98. The van der Waals surface area contributed by atoms with Crippen molar-refractivity contribution < 1.29 is 4.39 Å². The van der Waals surface area contributed by atoms with Crippen molar-refractivity contribution in [2.24, 2.45) is 0 Å². The summed E-state index contributed by atoms with van der Waals surface area (Å²) >= 11 is 0. The summed E-state index contributed by atoms with van der Waals surface area (Å²) in [7, 11) is 1.87. The van der Waals surface area contributed by atoms with Crippen LogP contribution in [0.1, 0.15) is 17.5 Å². The van der Waals surface area contributed by atoms with Gasteiger partial charge in [-0.05, 0) is 38.2 Å². The maximum Gasteiger partial charge on any atom is 0.130 e. The number of nitrogens with one attached hydrogen (secondary N) is 1. The predicted molar refractivity (Wildman–Crippen MR) is 58.7 cm³/mol. The Morgan fingerprint density at radius 1 is 1.53 bits per heavy atom. The standard InChI is InChI=1S/C12H13FN2/c1-15-7-3-2-4-11-8-10(9-14)5-6-12(11)13/h2,4-6,8,15H,3,7H2,1H3. The Bertz CT molecular complexity index is 391. The van der Waals surface area contributed by atoms with E-state index in [4.69, 9.17) is 5.26 Å². The van der Waals surface area contributed by atoms with Gasteiger partial charge in [-0.1, -0.05) is 12.2 Å². The zero-order chi connectivity index (χ0) is 11.1. The molecule has 0 spiro atoms. The summed E-state index contributed by atoms with van der Waals surface area (Å²) in [5.41, 5.74) is 0.940. The van der Waals surface area contributed by atoms with Gasteiger partial charge in [0.15, 0.2) is 0 Å². The molecule has 1 N–H and O–H groups in total. The largest absolute Gasteiger partial charge is 0.319 e. The molecule has 0 amide bonds. The first-order chi connectivity index (χ1) is 7.27. The lowest BCUT2D eigenvalue weighted by atomic mass is 10.1. The SMILES string of the molecule is CNCCC=Cc1cc(C#N)ccc1F. The maximum absolute atomic E-state index is 13.2. The monoisotopic (exact) mass is 204 g/mol. The number of hydrogen-bond donors (Lipinski definition) is 1. The second kappa shape index (κ2) is 5.94. The van der Waals surface area contributed by atoms with Gasteiger partial charge >= 0.3 is 0 Å². The highest BCUT2D eigenvalue weighted by Gasteiger charge is 1.99. The van der Waals surface area contributed by atoms with E-state index in [1.807, 2.05) is 19.2 Å². The van der Waals surface area contributed by atoms with E-state index in [-0.39, 0.29) is 5.82 Å². The zero-order valence-electron chi connectivity index (χ0n) is 8.63. The van der Waals surface area contributed by atoms with Gasteiger partial charge in [-0.25, -0.2) is 4.39 Å². The summed E-state index contributed by atoms with van der Waals surface area (Å²) in [6, 6.07) is 6.32. The van der Waals surface area contributed by atoms with Gasteiger partial charge in [0, 0.05) is 5.56 Å². The van der Waals surface area contributed by atoms with E-state index < -0.39 is 0 Å². The molecule has 0 saturated carbocycles. The van der Waals surface area contributed by atoms with Gasteiger partial charge in [0.05, 0.1) is 11.6 Å². The van der Waals surface area contributed by atoms with Crippen LogP contribution in [0, 0.1) is 17.1 Å². The van der Waals surface area contributed by atoms with Crippen molar-refractivity contribution in [1.82, 2.24) is 5.32 Å². The first-order valence-corrected chi connectivity index (χ1v) is 4.78. The van der Waals surface area contributed by atoms with Crippen LogP contribution in [-0.4, -0.2) is 13.6 Å². The van der Waals surface area contributed by atoms with Crippen LogP contribution in [0.4, 0.5) is 4.39 Å². The number of rotatable bonds is 4. The van der Waals surface area contributed by atoms with E-state index in [1.54, 1.807) is 12.1 Å². The van der Waals surface area contributed by atoms with Gasteiger partial charge < -0.3 is 5.32 Å². The molecule has 1 aromatic rings. The summed E-state index contributed by atoms with van der Waals surface area (Å²) in [4.78, 5) is 0. The average Bonchev–Trinajstić information content (AvgIpc) is 2.26. The van der Waals surface area contributed by atoms with E-state index in [2.05, 4.69) is 5.32 Å². The molecule has 1 aromatic carbocycles. The summed E-state index contributed by atoms with van der Waals surface area (Å²) in [6.07, 6.45) is 4.43. The second-order valence-corrected chi connectivity index (χ2v) is 3.14. The molecule has 2 nitrogen and oxygen atoms in total. The first kappa shape index (κ1) is 11.4. The quantitative estimate of drug-likeness (QED) is 0.764. The van der Waals surface area contributed by atoms with Gasteiger partial charge in [0.25, 0.3) is 0 Å². The normalized spacial score (nSPS) is 10.5. The Labute approximate surface area is 89.0 Å². The number of benzene rings is 1.